The van der Waals surface area contributed by atoms with Crippen LogP contribution < -0.4 is 0 Å². The molecule has 0 radical (unpaired) electrons. The van der Waals surface area contributed by atoms with Crippen molar-refractivity contribution in [2.75, 3.05) is 13.6 Å². The maximum absolute atomic E-state index is 12.0. The standard InChI is InChI=1S/C9H16N2O4S/c1-10-6-8(9(12)13)11(16(10,14)15)7-4-2-3-5-7/h7-8H,2-6H2,1H3,(H,12,13). The summed E-state index contributed by atoms with van der Waals surface area (Å²) >= 11 is 0. The SMILES string of the molecule is CN1CC(C(=O)O)N(C2CCCC2)S1(=O)=O. The van der Waals surface area contributed by atoms with Crippen molar-refractivity contribution in [3.63, 3.8) is 0 Å². The number of hydrogen-bond donors (Lipinski definition) is 1. The highest BCUT2D eigenvalue weighted by Crippen LogP contribution is 2.32. The molecule has 1 heterocycles. The van der Waals surface area contributed by atoms with E-state index in [1.807, 2.05) is 0 Å². The Hall–Kier alpha value is -0.660. The van der Waals surface area contributed by atoms with Gasteiger partial charge in [0.2, 0.25) is 0 Å². The summed E-state index contributed by atoms with van der Waals surface area (Å²) in [6.45, 7) is 0.0498. The number of carboxylic acids is 1. The second-order valence-corrected chi connectivity index (χ2v) is 6.35. The van der Waals surface area contributed by atoms with Crippen molar-refractivity contribution in [2.45, 2.75) is 37.8 Å². The molecule has 1 aliphatic heterocycles. The number of likely N-dealkylation sites (N-methyl/N-ethyl adjacent to an activating group) is 1. The zero-order valence-corrected chi connectivity index (χ0v) is 9.98. The van der Waals surface area contributed by atoms with E-state index in [9.17, 15) is 13.2 Å². The second-order valence-electron chi connectivity index (χ2n) is 4.41. The van der Waals surface area contributed by atoms with Crippen LogP contribution >= 0.6 is 0 Å². The van der Waals surface area contributed by atoms with Crippen molar-refractivity contribution in [1.82, 2.24) is 8.61 Å². The zero-order valence-electron chi connectivity index (χ0n) is 9.16. The van der Waals surface area contributed by atoms with Crippen LogP contribution in [0.4, 0.5) is 0 Å². The average molecular weight is 248 g/mol. The zero-order chi connectivity index (χ0) is 11.9. The van der Waals surface area contributed by atoms with E-state index in [-0.39, 0.29) is 12.6 Å². The van der Waals surface area contributed by atoms with Gasteiger partial charge < -0.3 is 5.11 Å². The van der Waals surface area contributed by atoms with E-state index in [1.54, 1.807) is 0 Å². The highest BCUT2D eigenvalue weighted by molar-refractivity contribution is 7.87. The Morgan fingerprint density at radius 3 is 2.38 bits per heavy atom. The molecule has 1 saturated carbocycles. The molecule has 2 rings (SSSR count). The summed E-state index contributed by atoms with van der Waals surface area (Å²) in [5.74, 6) is -1.06. The van der Waals surface area contributed by atoms with E-state index < -0.39 is 22.2 Å². The van der Waals surface area contributed by atoms with Gasteiger partial charge in [0.15, 0.2) is 0 Å². The summed E-state index contributed by atoms with van der Waals surface area (Å²) in [5.41, 5.74) is 0. The van der Waals surface area contributed by atoms with Crippen LogP contribution in [0, 0.1) is 0 Å². The summed E-state index contributed by atoms with van der Waals surface area (Å²) in [5, 5.41) is 9.06. The van der Waals surface area contributed by atoms with Crippen LogP contribution in [0.1, 0.15) is 25.7 Å². The van der Waals surface area contributed by atoms with Gasteiger partial charge in [-0.05, 0) is 12.8 Å². The summed E-state index contributed by atoms with van der Waals surface area (Å²) < 4.78 is 26.3. The minimum atomic E-state index is -3.56. The van der Waals surface area contributed by atoms with E-state index in [0.717, 1.165) is 30.0 Å². The normalized spacial score (nSPS) is 32.2. The molecule has 1 aliphatic carbocycles. The Morgan fingerprint density at radius 1 is 1.31 bits per heavy atom. The molecule has 0 bridgehead atoms. The quantitative estimate of drug-likeness (QED) is 0.738. The minimum absolute atomic E-state index is 0.0498. The van der Waals surface area contributed by atoms with Gasteiger partial charge in [0.25, 0.3) is 10.2 Å². The summed E-state index contributed by atoms with van der Waals surface area (Å²) in [7, 11) is -2.13. The fourth-order valence-electron chi connectivity index (χ4n) is 2.53. The second kappa shape index (κ2) is 3.97. The number of carbonyl (C=O) groups is 1. The average Bonchev–Trinajstić information content (AvgIpc) is 2.74. The maximum atomic E-state index is 12.0. The lowest BCUT2D eigenvalue weighted by atomic mass is 10.2. The van der Waals surface area contributed by atoms with Crippen LogP contribution in [0.15, 0.2) is 0 Å². The number of rotatable bonds is 2. The third-order valence-electron chi connectivity index (χ3n) is 3.37. The first kappa shape index (κ1) is 11.8. The third kappa shape index (κ3) is 1.72. The van der Waals surface area contributed by atoms with E-state index >= 15 is 0 Å². The van der Waals surface area contributed by atoms with Crippen LogP contribution in [-0.2, 0) is 15.0 Å². The molecule has 0 aromatic rings. The molecule has 2 aliphatic rings. The van der Waals surface area contributed by atoms with Crippen LogP contribution in [-0.4, -0.2) is 53.8 Å². The van der Waals surface area contributed by atoms with Crippen LogP contribution in [0.3, 0.4) is 0 Å². The molecule has 92 valence electrons. The predicted octanol–water partition coefficient (Wildman–Crippen LogP) is -0.126. The van der Waals surface area contributed by atoms with Gasteiger partial charge >= 0.3 is 5.97 Å². The molecule has 7 heteroatoms. The van der Waals surface area contributed by atoms with Gasteiger partial charge in [0.05, 0.1) is 0 Å². The van der Waals surface area contributed by atoms with E-state index in [1.165, 1.54) is 11.4 Å². The van der Waals surface area contributed by atoms with Crippen molar-refractivity contribution in [1.29, 1.82) is 0 Å². The molecular formula is C9H16N2O4S. The van der Waals surface area contributed by atoms with Gasteiger partial charge in [-0.2, -0.15) is 17.0 Å². The Bertz CT molecular complexity index is 388. The van der Waals surface area contributed by atoms with E-state index in [4.69, 9.17) is 5.11 Å². The molecule has 2 fully saturated rings. The Balaban J connectivity index is 2.32. The lowest BCUT2D eigenvalue weighted by Crippen LogP contribution is -2.45. The first-order valence-electron chi connectivity index (χ1n) is 5.42. The number of hydrogen-bond acceptors (Lipinski definition) is 3. The van der Waals surface area contributed by atoms with Crippen molar-refractivity contribution < 1.29 is 18.3 Å². The smallest absolute Gasteiger partial charge is 0.323 e. The first-order chi connectivity index (χ1) is 7.44. The summed E-state index contributed by atoms with van der Waals surface area (Å²) in [6.07, 6.45) is 3.51. The van der Waals surface area contributed by atoms with Crippen LogP contribution in [0.5, 0.6) is 0 Å². The highest BCUT2D eigenvalue weighted by atomic mass is 32.2. The van der Waals surface area contributed by atoms with Crippen LogP contribution in [0.2, 0.25) is 0 Å². The van der Waals surface area contributed by atoms with Gasteiger partial charge in [0, 0.05) is 19.6 Å². The Morgan fingerprint density at radius 2 is 1.88 bits per heavy atom. The number of nitrogens with zero attached hydrogens (tertiary/aromatic N) is 2. The van der Waals surface area contributed by atoms with Gasteiger partial charge in [-0.25, -0.2) is 0 Å². The molecule has 0 aromatic carbocycles. The largest absolute Gasteiger partial charge is 0.480 e. The van der Waals surface area contributed by atoms with Crippen LogP contribution in [0.25, 0.3) is 0 Å². The molecule has 1 unspecified atom stereocenters. The van der Waals surface area contributed by atoms with E-state index in [0.29, 0.717) is 0 Å². The van der Waals surface area contributed by atoms with Crippen molar-refractivity contribution in [3.8, 4) is 0 Å². The molecule has 0 aromatic heterocycles. The van der Waals surface area contributed by atoms with E-state index in [2.05, 4.69) is 0 Å². The molecule has 1 atom stereocenters. The minimum Gasteiger partial charge on any atom is -0.480 e. The molecule has 16 heavy (non-hydrogen) atoms. The highest BCUT2D eigenvalue weighted by Gasteiger charge is 2.49. The van der Waals surface area contributed by atoms with Gasteiger partial charge in [-0.1, -0.05) is 12.8 Å². The maximum Gasteiger partial charge on any atom is 0.323 e. The third-order valence-corrected chi connectivity index (χ3v) is 5.39. The van der Waals surface area contributed by atoms with Gasteiger partial charge in [-0.3, -0.25) is 4.79 Å². The number of carboxylic acid groups (broad SMARTS) is 1. The lowest BCUT2D eigenvalue weighted by Gasteiger charge is -2.25. The Kier molecular flexibility index (Phi) is 2.93. The Labute approximate surface area is 95.0 Å². The molecule has 6 nitrogen and oxygen atoms in total. The molecular weight excluding hydrogens is 232 g/mol. The van der Waals surface area contributed by atoms with Gasteiger partial charge in [-0.15, -0.1) is 0 Å². The fraction of sp³-hybridized carbons (Fsp3) is 0.889. The molecule has 1 N–H and O–H groups in total. The fourth-order valence-corrected chi connectivity index (χ4v) is 4.25. The monoisotopic (exact) mass is 248 g/mol. The summed E-state index contributed by atoms with van der Waals surface area (Å²) in [6, 6.07) is -1.05. The number of aliphatic carboxylic acids is 1. The lowest BCUT2D eigenvalue weighted by molar-refractivity contribution is -0.141. The molecule has 0 spiro atoms. The van der Waals surface area contributed by atoms with Crippen molar-refractivity contribution in [2.24, 2.45) is 0 Å². The molecule has 0 amide bonds. The summed E-state index contributed by atoms with van der Waals surface area (Å²) in [4.78, 5) is 11.1. The van der Waals surface area contributed by atoms with Crippen molar-refractivity contribution >= 4 is 16.2 Å². The molecule has 1 saturated heterocycles. The van der Waals surface area contributed by atoms with Crippen molar-refractivity contribution in [3.05, 3.63) is 0 Å². The topological polar surface area (TPSA) is 77.9 Å². The van der Waals surface area contributed by atoms with Gasteiger partial charge in [0.1, 0.15) is 6.04 Å². The predicted molar refractivity (Wildman–Crippen MR) is 57.1 cm³/mol. The first-order valence-corrected chi connectivity index (χ1v) is 6.82.